The van der Waals surface area contributed by atoms with E-state index in [0.717, 1.165) is 17.7 Å². The van der Waals surface area contributed by atoms with E-state index in [4.69, 9.17) is 14.0 Å². The number of hydrogen-bond acceptors (Lipinski definition) is 5. The summed E-state index contributed by atoms with van der Waals surface area (Å²) >= 11 is 0. The van der Waals surface area contributed by atoms with E-state index in [1.807, 2.05) is 45.9 Å². The fourth-order valence-electron chi connectivity index (χ4n) is 3.26. The number of hydrogen-bond donors (Lipinski definition) is 2. The molecule has 1 aliphatic rings. The molecule has 10 heteroatoms. The molecule has 1 saturated heterocycles. The summed E-state index contributed by atoms with van der Waals surface area (Å²) in [5.74, 6) is -0.510. The van der Waals surface area contributed by atoms with Gasteiger partial charge in [0, 0.05) is 6.54 Å². The molecule has 0 atom stereocenters. The summed E-state index contributed by atoms with van der Waals surface area (Å²) < 4.78 is 57.9. The standard InChI is InChI=1S/C24H27BF3NO5/c1-22(2)23(3,4)34-25(33-22)18(12-17-10-11-19(30)13-20(17)24(26,27)28)14-29-21(31)32-15-16-8-6-5-7-9-16/h5-13,30H,14-15H2,1-4H3,(H,29,31). The Labute approximate surface area is 196 Å². The number of phenols is 1. The summed E-state index contributed by atoms with van der Waals surface area (Å²) in [6.45, 7) is 7.12. The summed E-state index contributed by atoms with van der Waals surface area (Å²) in [5, 5.41) is 12.1. The van der Waals surface area contributed by atoms with Gasteiger partial charge in [0.15, 0.2) is 0 Å². The Morgan fingerprint density at radius 2 is 1.71 bits per heavy atom. The second kappa shape index (κ2) is 9.72. The average molecular weight is 477 g/mol. The predicted octanol–water partition coefficient (Wildman–Crippen LogP) is 5.35. The van der Waals surface area contributed by atoms with Gasteiger partial charge in [-0.05, 0) is 56.4 Å². The third-order valence-corrected chi connectivity index (χ3v) is 5.89. The molecule has 1 heterocycles. The van der Waals surface area contributed by atoms with E-state index in [0.29, 0.717) is 6.07 Å². The van der Waals surface area contributed by atoms with Crippen LogP contribution in [0.4, 0.5) is 18.0 Å². The average Bonchev–Trinajstić information content (AvgIpc) is 2.97. The van der Waals surface area contributed by atoms with Crippen LogP contribution in [0.25, 0.3) is 6.08 Å². The lowest BCUT2D eigenvalue weighted by atomic mass is 9.76. The number of nitrogens with one attached hydrogen (secondary N) is 1. The maximum Gasteiger partial charge on any atom is 0.492 e. The summed E-state index contributed by atoms with van der Waals surface area (Å²) in [4.78, 5) is 12.3. The second-order valence-electron chi connectivity index (χ2n) is 8.99. The quantitative estimate of drug-likeness (QED) is 0.549. The molecule has 0 bridgehead atoms. The molecule has 0 spiro atoms. The van der Waals surface area contributed by atoms with Crippen LogP contribution in [0.3, 0.4) is 0 Å². The van der Waals surface area contributed by atoms with Gasteiger partial charge in [-0.1, -0.05) is 42.5 Å². The van der Waals surface area contributed by atoms with Crippen LogP contribution in [-0.2, 0) is 26.8 Å². The number of alkyl halides is 3. The molecule has 3 rings (SSSR count). The molecule has 6 nitrogen and oxygen atoms in total. The van der Waals surface area contributed by atoms with Crippen LogP contribution >= 0.6 is 0 Å². The number of carbonyl (C=O) groups excluding carboxylic acids is 1. The maximum absolute atomic E-state index is 13.6. The highest BCUT2D eigenvalue weighted by Crippen LogP contribution is 2.40. The lowest BCUT2D eigenvalue weighted by Gasteiger charge is -2.32. The van der Waals surface area contributed by atoms with Gasteiger partial charge in [-0.3, -0.25) is 0 Å². The van der Waals surface area contributed by atoms with Crippen LogP contribution < -0.4 is 5.32 Å². The van der Waals surface area contributed by atoms with Crippen molar-refractivity contribution in [2.24, 2.45) is 0 Å². The van der Waals surface area contributed by atoms with E-state index in [-0.39, 0.29) is 24.2 Å². The first-order valence-corrected chi connectivity index (χ1v) is 10.7. The number of amides is 1. The van der Waals surface area contributed by atoms with Crippen molar-refractivity contribution in [2.45, 2.75) is 51.7 Å². The lowest BCUT2D eigenvalue weighted by molar-refractivity contribution is -0.137. The van der Waals surface area contributed by atoms with Gasteiger partial charge >= 0.3 is 19.4 Å². The predicted molar refractivity (Wildman–Crippen MR) is 122 cm³/mol. The summed E-state index contributed by atoms with van der Waals surface area (Å²) in [6, 6.07) is 12.0. The zero-order valence-corrected chi connectivity index (χ0v) is 19.4. The number of alkyl carbamates (subject to hydrolysis) is 1. The van der Waals surface area contributed by atoms with Gasteiger partial charge in [-0.2, -0.15) is 13.2 Å². The minimum Gasteiger partial charge on any atom is -0.508 e. The van der Waals surface area contributed by atoms with Crippen molar-refractivity contribution in [3.63, 3.8) is 0 Å². The highest BCUT2D eigenvalue weighted by atomic mass is 19.4. The van der Waals surface area contributed by atoms with Crippen LogP contribution in [0.1, 0.15) is 44.4 Å². The molecule has 1 aliphatic heterocycles. The third kappa shape index (κ3) is 6.12. The Morgan fingerprint density at radius 1 is 1.09 bits per heavy atom. The summed E-state index contributed by atoms with van der Waals surface area (Å²) in [6.07, 6.45) is -4.19. The minimum absolute atomic E-state index is 0.0401. The van der Waals surface area contributed by atoms with E-state index in [1.54, 1.807) is 12.1 Å². The highest BCUT2D eigenvalue weighted by Gasteiger charge is 2.52. The van der Waals surface area contributed by atoms with Crippen LogP contribution in [0.5, 0.6) is 5.75 Å². The third-order valence-electron chi connectivity index (χ3n) is 5.89. The number of ether oxygens (including phenoxy) is 1. The first-order valence-electron chi connectivity index (χ1n) is 10.7. The molecule has 0 radical (unpaired) electrons. The normalized spacial score (nSPS) is 17.5. The number of rotatable bonds is 6. The Bertz CT molecular complexity index is 1040. The van der Waals surface area contributed by atoms with Crippen molar-refractivity contribution in [3.8, 4) is 5.75 Å². The van der Waals surface area contributed by atoms with Gasteiger partial charge in [-0.15, -0.1) is 0 Å². The Hall–Kier alpha value is -2.98. The fraction of sp³-hybridized carbons (Fsp3) is 0.375. The van der Waals surface area contributed by atoms with Crippen molar-refractivity contribution in [2.75, 3.05) is 6.54 Å². The van der Waals surface area contributed by atoms with Crippen molar-refractivity contribution in [3.05, 3.63) is 70.7 Å². The molecule has 34 heavy (non-hydrogen) atoms. The molecule has 2 N–H and O–H groups in total. The maximum atomic E-state index is 13.6. The van der Waals surface area contributed by atoms with E-state index in [1.165, 1.54) is 6.08 Å². The molecule has 0 aromatic heterocycles. The van der Waals surface area contributed by atoms with Crippen molar-refractivity contribution < 1.29 is 37.1 Å². The smallest absolute Gasteiger partial charge is 0.492 e. The monoisotopic (exact) mass is 477 g/mol. The molecule has 2 aromatic carbocycles. The zero-order chi connectivity index (χ0) is 25.1. The zero-order valence-electron chi connectivity index (χ0n) is 19.4. The van der Waals surface area contributed by atoms with Gasteiger partial charge in [0.05, 0.1) is 16.8 Å². The topological polar surface area (TPSA) is 77.0 Å². The van der Waals surface area contributed by atoms with Gasteiger partial charge in [-0.25, -0.2) is 4.79 Å². The fourth-order valence-corrected chi connectivity index (χ4v) is 3.26. The van der Waals surface area contributed by atoms with Crippen LogP contribution in [0.2, 0.25) is 0 Å². The lowest BCUT2D eigenvalue weighted by Crippen LogP contribution is -2.41. The van der Waals surface area contributed by atoms with Crippen molar-refractivity contribution in [1.29, 1.82) is 0 Å². The SMILES string of the molecule is CC1(C)OB(C(=Cc2ccc(O)cc2C(F)(F)F)CNC(=O)OCc2ccccc2)OC1(C)C. The van der Waals surface area contributed by atoms with Crippen molar-refractivity contribution >= 4 is 19.3 Å². The molecular weight excluding hydrogens is 450 g/mol. The highest BCUT2D eigenvalue weighted by molar-refractivity contribution is 6.56. The molecule has 0 saturated carbocycles. The first-order chi connectivity index (χ1) is 15.8. The number of carbonyl (C=O) groups is 1. The van der Waals surface area contributed by atoms with Gasteiger partial charge < -0.3 is 24.5 Å². The van der Waals surface area contributed by atoms with E-state index in [2.05, 4.69) is 5.32 Å². The van der Waals surface area contributed by atoms with E-state index < -0.39 is 41.9 Å². The number of aromatic hydroxyl groups is 1. The summed E-state index contributed by atoms with van der Waals surface area (Å²) in [5.41, 5.74) is -1.66. The van der Waals surface area contributed by atoms with Gasteiger partial charge in [0.25, 0.3) is 0 Å². The van der Waals surface area contributed by atoms with E-state index >= 15 is 0 Å². The largest absolute Gasteiger partial charge is 0.508 e. The molecule has 0 aliphatic carbocycles. The molecule has 182 valence electrons. The molecular formula is C24H27BF3NO5. The van der Waals surface area contributed by atoms with Gasteiger partial charge in [0.2, 0.25) is 0 Å². The van der Waals surface area contributed by atoms with Crippen LogP contribution in [0, 0.1) is 0 Å². The van der Waals surface area contributed by atoms with Crippen LogP contribution in [0.15, 0.2) is 54.0 Å². The molecule has 1 amide bonds. The number of benzene rings is 2. The number of halogens is 3. The number of phenolic OH excluding ortho intramolecular Hbond substituents is 1. The molecule has 0 unspecified atom stereocenters. The minimum atomic E-state index is -4.70. The second-order valence-corrected chi connectivity index (χ2v) is 8.99. The molecule has 1 fully saturated rings. The van der Waals surface area contributed by atoms with E-state index in [9.17, 15) is 23.1 Å². The Morgan fingerprint density at radius 3 is 2.29 bits per heavy atom. The first kappa shape index (κ1) is 25.6. The summed E-state index contributed by atoms with van der Waals surface area (Å²) in [7, 11) is -1.01. The van der Waals surface area contributed by atoms with Gasteiger partial charge in [0.1, 0.15) is 12.4 Å². The Kier molecular flexibility index (Phi) is 7.33. The van der Waals surface area contributed by atoms with Crippen LogP contribution in [-0.4, -0.2) is 36.1 Å². The Balaban J connectivity index is 1.85. The van der Waals surface area contributed by atoms with Crippen molar-refractivity contribution in [1.82, 2.24) is 5.32 Å². The molecule has 2 aromatic rings.